The predicted octanol–water partition coefficient (Wildman–Crippen LogP) is 6.05. The van der Waals surface area contributed by atoms with Crippen LogP contribution in [0.5, 0.6) is 0 Å². The Labute approximate surface area is 214 Å². The van der Waals surface area contributed by atoms with Crippen LogP contribution in [-0.2, 0) is 23.1 Å². The van der Waals surface area contributed by atoms with Crippen LogP contribution >= 0.6 is 11.6 Å². The van der Waals surface area contributed by atoms with Crippen LogP contribution in [0.15, 0.2) is 36.4 Å². The van der Waals surface area contributed by atoms with Crippen molar-refractivity contribution in [3.63, 3.8) is 0 Å². The third kappa shape index (κ3) is 6.34. The Morgan fingerprint density at radius 1 is 1.11 bits per heavy atom. The lowest BCUT2D eigenvalue weighted by Gasteiger charge is -2.22. The molecule has 0 aliphatic rings. The van der Waals surface area contributed by atoms with Gasteiger partial charge in [-0.3, -0.25) is 9.59 Å². The number of aliphatic hydroxyl groups is 1. The van der Waals surface area contributed by atoms with E-state index in [1.807, 2.05) is 0 Å². The third-order valence-corrected chi connectivity index (χ3v) is 5.83. The molecule has 37 heavy (non-hydrogen) atoms. The van der Waals surface area contributed by atoms with Crippen molar-refractivity contribution in [3.8, 4) is 0 Å². The van der Waals surface area contributed by atoms with Gasteiger partial charge in [0, 0.05) is 16.5 Å². The summed E-state index contributed by atoms with van der Waals surface area (Å²) in [5.41, 5.74) is -3.26. The van der Waals surface area contributed by atoms with E-state index >= 15 is 0 Å². The summed E-state index contributed by atoms with van der Waals surface area (Å²) in [6.45, 7) is 5.32. The minimum absolute atomic E-state index is 0.0531. The Morgan fingerprint density at radius 3 is 2.32 bits per heavy atom. The second-order valence-corrected chi connectivity index (χ2v) is 9.49. The molecule has 198 valence electrons. The number of amides is 1. The maximum absolute atomic E-state index is 14.1. The lowest BCUT2D eigenvalue weighted by Crippen LogP contribution is -2.25. The molecule has 1 amide bonds. The molecule has 3 aromatic rings. The molecule has 0 saturated carbocycles. The number of halogens is 6. The molecule has 0 radical (unpaired) electrons. The van der Waals surface area contributed by atoms with Gasteiger partial charge >= 0.3 is 6.18 Å². The minimum Gasteiger partial charge on any atom is -0.383 e. The normalized spacial score (nSPS) is 12.9. The molecule has 0 unspecified atom stereocenters. The molecule has 1 aromatic heterocycles. The van der Waals surface area contributed by atoms with E-state index in [9.17, 15) is 36.6 Å². The molecule has 0 bridgehead atoms. The average Bonchev–Trinajstić information content (AvgIpc) is 3.11. The van der Waals surface area contributed by atoms with E-state index in [0.29, 0.717) is 12.1 Å². The van der Waals surface area contributed by atoms with Gasteiger partial charge in [-0.25, -0.2) is 13.8 Å². The van der Waals surface area contributed by atoms with Gasteiger partial charge in [-0.15, -0.1) is 0 Å². The summed E-state index contributed by atoms with van der Waals surface area (Å²) >= 11 is 6.28. The fraction of sp³-hybridized carbons (Fsp3) is 0.320. The molecule has 6 nitrogen and oxygen atoms in total. The van der Waals surface area contributed by atoms with Crippen LogP contribution in [0.3, 0.4) is 0 Å². The monoisotopic (exact) mass is 543 g/mol. The van der Waals surface area contributed by atoms with Crippen LogP contribution < -0.4 is 5.32 Å². The molecule has 1 atom stereocenters. The fourth-order valence-electron chi connectivity index (χ4n) is 3.90. The smallest absolute Gasteiger partial charge is 0.383 e. The van der Waals surface area contributed by atoms with E-state index < -0.39 is 46.4 Å². The Bertz CT molecular complexity index is 1360. The van der Waals surface area contributed by atoms with Crippen molar-refractivity contribution in [2.24, 2.45) is 0 Å². The number of anilines is 1. The number of hydrogen-bond donors (Lipinski definition) is 2. The topological polar surface area (TPSA) is 84.2 Å². The van der Waals surface area contributed by atoms with Gasteiger partial charge < -0.3 is 15.0 Å². The average molecular weight is 544 g/mol. The van der Waals surface area contributed by atoms with E-state index in [-0.39, 0.29) is 46.3 Å². The number of hydrogen-bond acceptors (Lipinski definition) is 4. The molecule has 0 fully saturated rings. The van der Waals surface area contributed by atoms with Crippen molar-refractivity contribution in [2.75, 3.05) is 5.32 Å². The Kier molecular flexibility index (Phi) is 7.80. The van der Waals surface area contributed by atoms with Gasteiger partial charge in [0.2, 0.25) is 0 Å². The first-order valence-electron chi connectivity index (χ1n) is 11.0. The summed E-state index contributed by atoms with van der Waals surface area (Å²) in [6.07, 6.45) is -4.90. The number of carbonyl (C=O) groups excluding carboxylic acids is 2. The minimum atomic E-state index is -4.90. The summed E-state index contributed by atoms with van der Waals surface area (Å²) in [7, 11) is 0. The molecular weight excluding hydrogens is 521 g/mol. The number of rotatable bonds is 7. The van der Waals surface area contributed by atoms with Crippen LogP contribution in [0, 0.1) is 11.6 Å². The van der Waals surface area contributed by atoms with Crippen LogP contribution in [0.1, 0.15) is 66.6 Å². The second kappa shape index (κ2) is 10.2. The van der Waals surface area contributed by atoms with Gasteiger partial charge in [-0.05, 0) is 62.7 Å². The quantitative estimate of drug-likeness (QED) is 0.355. The summed E-state index contributed by atoms with van der Waals surface area (Å²) < 4.78 is 68.8. The molecule has 0 saturated heterocycles. The molecule has 2 N–H and O–H groups in total. The van der Waals surface area contributed by atoms with E-state index in [1.165, 1.54) is 31.4 Å². The van der Waals surface area contributed by atoms with Gasteiger partial charge in [-0.1, -0.05) is 18.5 Å². The van der Waals surface area contributed by atoms with Crippen LogP contribution in [0.25, 0.3) is 0 Å². The highest BCUT2D eigenvalue weighted by Gasteiger charge is 2.34. The standard InChI is InChI=1S/C25H23ClF5N3O3/c1-12(35)11-34-20(13(2)18-10-16(27)5-6-19(18)26)21(33-23(34)24(3,4)37)32-22(36)14-7-15(25(29,30)31)9-17(28)8-14/h5-10,13,37H,11H2,1-4H3,(H,32,36)/t13-/m0/s1. The lowest BCUT2D eigenvalue weighted by atomic mass is 9.96. The highest BCUT2D eigenvalue weighted by molar-refractivity contribution is 6.31. The number of nitrogens with one attached hydrogen (secondary N) is 1. The van der Waals surface area contributed by atoms with Gasteiger partial charge in [0.05, 0.1) is 17.8 Å². The van der Waals surface area contributed by atoms with Gasteiger partial charge in [0.1, 0.15) is 28.8 Å². The number of nitrogens with zero attached hydrogens (tertiary/aromatic N) is 2. The van der Waals surface area contributed by atoms with Crippen LogP contribution in [0.2, 0.25) is 5.02 Å². The van der Waals surface area contributed by atoms with Crippen LogP contribution in [0.4, 0.5) is 27.8 Å². The highest BCUT2D eigenvalue weighted by atomic mass is 35.5. The largest absolute Gasteiger partial charge is 0.416 e. The first-order valence-corrected chi connectivity index (χ1v) is 11.3. The van der Waals surface area contributed by atoms with E-state index in [4.69, 9.17) is 11.6 Å². The molecule has 0 aliphatic carbocycles. The molecular formula is C25H23ClF5N3O3. The Morgan fingerprint density at radius 2 is 1.76 bits per heavy atom. The van der Waals surface area contributed by atoms with Gasteiger partial charge in [0.25, 0.3) is 5.91 Å². The van der Waals surface area contributed by atoms with Crippen molar-refractivity contribution in [1.29, 1.82) is 0 Å². The SMILES string of the molecule is CC(=O)Cn1c(C(C)(C)O)nc(NC(=O)c2cc(F)cc(C(F)(F)F)c2)c1[C@@H](C)c1cc(F)ccc1Cl. The van der Waals surface area contributed by atoms with Crippen molar-refractivity contribution in [3.05, 3.63) is 81.3 Å². The Balaban J connectivity index is 2.21. The molecule has 0 spiro atoms. The maximum Gasteiger partial charge on any atom is 0.416 e. The first kappa shape index (κ1) is 28.3. The zero-order valence-corrected chi connectivity index (χ0v) is 20.9. The fourth-order valence-corrected chi connectivity index (χ4v) is 4.19. The van der Waals surface area contributed by atoms with E-state index in [0.717, 1.165) is 12.1 Å². The van der Waals surface area contributed by atoms with Crippen molar-refractivity contribution in [1.82, 2.24) is 9.55 Å². The molecule has 12 heteroatoms. The van der Waals surface area contributed by atoms with Crippen molar-refractivity contribution >= 4 is 29.1 Å². The number of ketones is 1. The summed E-state index contributed by atoms with van der Waals surface area (Å²) in [5, 5.41) is 13.2. The zero-order chi connectivity index (χ0) is 27.9. The summed E-state index contributed by atoms with van der Waals surface area (Å²) in [5.74, 6) is -4.47. The maximum atomic E-state index is 14.1. The first-order chi connectivity index (χ1) is 17.0. The number of carbonyl (C=O) groups is 2. The Hall–Kier alpha value is -3.31. The third-order valence-electron chi connectivity index (χ3n) is 5.49. The van der Waals surface area contributed by atoms with Gasteiger partial charge in [-0.2, -0.15) is 13.2 Å². The number of imidazole rings is 1. The molecule has 0 aliphatic heterocycles. The number of benzene rings is 2. The summed E-state index contributed by atoms with van der Waals surface area (Å²) in [4.78, 5) is 29.3. The number of aromatic nitrogens is 2. The molecule has 1 heterocycles. The van der Waals surface area contributed by atoms with E-state index in [2.05, 4.69) is 10.3 Å². The van der Waals surface area contributed by atoms with Crippen LogP contribution in [-0.4, -0.2) is 26.3 Å². The van der Waals surface area contributed by atoms with Crippen molar-refractivity contribution < 1.29 is 36.6 Å². The van der Waals surface area contributed by atoms with Crippen molar-refractivity contribution in [2.45, 2.75) is 51.9 Å². The molecule has 3 rings (SSSR count). The zero-order valence-electron chi connectivity index (χ0n) is 20.2. The molecule has 2 aromatic carbocycles. The summed E-state index contributed by atoms with van der Waals surface area (Å²) in [6, 6.07) is 4.96. The number of Topliss-reactive ketones (excluding diaryl/α,β-unsaturated/α-hetero) is 1. The second-order valence-electron chi connectivity index (χ2n) is 9.08. The highest BCUT2D eigenvalue weighted by Crippen LogP contribution is 2.38. The van der Waals surface area contributed by atoms with E-state index in [1.54, 1.807) is 6.92 Å². The predicted molar refractivity (Wildman–Crippen MR) is 126 cm³/mol. The number of alkyl halides is 3. The lowest BCUT2D eigenvalue weighted by molar-refractivity contribution is -0.137. The van der Waals surface area contributed by atoms with Gasteiger partial charge in [0.15, 0.2) is 5.82 Å².